The van der Waals surface area contributed by atoms with E-state index >= 15 is 0 Å². The van der Waals surface area contributed by atoms with Crippen molar-refractivity contribution in [2.24, 2.45) is 0 Å². The van der Waals surface area contributed by atoms with E-state index in [1.807, 2.05) is 42.5 Å². The SMILES string of the molecule is O=C(CNCCc1ccc(Cl)s1)Nc1ccccc1. The summed E-state index contributed by atoms with van der Waals surface area (Å²) >= 11 is 7.42. The van der Waals surface area contributed by atoms with Gasteiger partial charge < -0.3 is 10.6 Å². The van der Waals surface area contributed by atoms with E-state index in [4.69, 9.17) is 11.6 Å². The fourth-order valence-corrected chi connectivity index (χ4v) is 2.71. The van der Waals surface area contributed by atoms with E-state index < -0.39 is 0 Å². The van der Waals surface area contributed by atoms with E-state index in [9.17, 15) is 4.79 Å². The average Bonchev–Trinajstić information content (AvgIpc) is 2.82. The van der Waals surface area contributed by atoms with Crippen molar-refractivity contribution in [3.63, 3.8) is 0 Å². The molecule has 3 nitrogen and oxygen atoms in total. The van der Waals surface area contributed by atoms with Gasteiger partial charge >= 0.3 is 0 Å². The Morgan fingerprint density at radius 3 is 2.63 bits per heavy atom. The number of hydrogen-bond acceptors (Lipinski definition) is 3. The molecule has 0 unspecified atom stereocenters. The van der Waals surface area contributed by atoms with Gasteiger partial charge in [0.15, 0.2) is 0 Å². The molecule has 19 heavy (non-hydrogen) atoms. The first-order chi connectivity index (χ1) is 9.24. The minimum atomic E-state index is -0.0320. The molecule has 0 saturated carbocycles. The average molecular weight is 295 g/mol. The fraction of sp³-hybridized carbons (Fsp3) is 0.214. The Morgan fingerprint density at radius 2 is 1.95 bits per heavy atom. The summed E-state index contributed by atoms with van der Waals surface area (Å²) in [4.78, 5) is 12.9. The van der Waals surface area contributed by atoms with Crippen LogP contribution in [0.1, 0.15) is 4.88 Å². The second-order valence-electron chi connectivity index (χ2n) is 4.05. The number of carbonyl (C=O) groups excluding carboxylic acids is 1. The maximum atomic E-state index is 11.6. The highest BCUT2D eigenvalue weighted by Crippen LogP contribution is 2.21. The predicted molar refractivity (Wildman–Crippen MR) is 81.0 cm³/mol. The van der Waals surface area contributed by atoms with Crippen LogP contribution < -0.4 is 10.6 Å². The van der Waals surface area contributed by atoms with E-state index in [2.05, 4.69) is 10.6 Å². The number of para-hydroxylation sites is 1. The maximum Gasteiger partial charge on any atom is 0.238 e. The molecule has 0 aliphatic carbocycles. The van der Waals surface area contributed by atoms with Gasteiger partial charge in [-0.15, -0.1) is 11.3 Å². The lowest BCUT2D eigenvalue weighted by Crippen LogP contribution is -2.29. The number of hydrogen-bond donors (Lipinski definition) is 2. The van der Waals surface area contributed by atoms with Gasteiger partial charge in [-0.05, 0) is 30.7 Å². The molecule has 0 saturated heterocycles. The van der Waals surface area contributed by atoms with Gasteiger partial charge in [0.2, 0.25) is 5.91 Å². The minimum Gasteiger partial charge on any atom is -0.325 e. The quantitative estimate of drug-likeness (QED) is 0.804. The second-order valence-corrected chi connectivity index (χ2v) is 5.85. The summed E-state index contributed by atoms with van der Waals surface area (Å²) in [5.74, 6) is -0.0320. The van der Waals surface area contributed by atoms with Gasteiger partial charge in [-0.3, -0.25) is 4.79 Å². The number of thiophene rings is 1. The molecule has 0 aliphatic heterocycles. The summed E-state index contributed by atoms with van der Waals surface area (Å²) in [5, 5.41) is 5.94. The Bertz CT molecular complexity index is 527. The lowest BCUT2D eigenvalue weighted by atomic mass is 10.3. The molecule has 0 spiro atoms. The molecule has 2 N–H and O–H groups in total. The number of anilines is 1. The Hall–Kier alpha value is -1.36. The fourth-order valence-electron chi connectivity index (χ4n) is 1.63. The monoisotopic (exact) mass is 294 g/mol. The molecule has 1 aromatic heterocycles. The van der Waals surface area contributed by atoms with Crippen LogP contribution in [0.3, 0.4) is 0 Å². The molecule has 1 amide bonds. The molecule has 5 heteroatoms. The van der Waals surface area contributed by atoms with Gasteiger partial charge in [0.25, 0.3) is 0 Å². The van der Waals surface area contributed by atoms with Gasteiger partial charge in [0, 0.05) is 17.1 Å². The standard InChI is InChI=1S/C14H15ClN2OS/c15-13-7-6-12(19-13)8-9-16-10-14(18)17-11-4-2-1-3-5-11/h1-7,16H,8-10H2,(H,17,18). The van der Waals surface area contributed by atoms with Crippen molar-refractivity contribution in [2.45, 2.75) is 6.42 Å². The lowest BCUT2D eigenvalue weighted by molar-refractivity contribution is -0.115. The zero-order valence-electron chi connectivity index (χ0n) is 10.4. The normalized spacial score (nSPS) is 10.4. The largest absolute Gasteiger partial charge is 0.325 e. The molecule has 0 fully saturated rings. The topological polar surface area (TPSA) is 41.1 Å². The van der Waals surface area contributed by atoms with Crippen LogP contribution in [0, 0.1) is 0 Å². The third kappa shape index (κ3) is 5.03. The van der Waals surface area contributed by atoms with Crippen LogP contribution >= 0.6 is 22.9 Å². The smallest absolute Gasteiger partial charge is 0.238 e. The van der Waals surface area contributed by atoms with E-state index in [1.165, 1.54) is 4.88 Å². The highest BCUT2D eigenvalue weighted by Gasteiger charge is 2.02. The molecular formula is C14H15ClN2OS. The van der Waals surface area contributed by atoms with E-state index in [-0.39, 0.29) is 5.91 Å². The highest BCUT2D eigenvalue weighted by molar-refractivity contribution is 7.16. The molecule has 0 atom stereocenters. The van der Waals surface area contributed by atoms with Crippen molar-refractivity contribution in [1.29, 1.82) is 0 Å². The first-order valence-electron chi connectivity index (χ1n) is 6.04. The molecule has 2 aromatic rings. The number of carbonyl (C=O) groups is 1. The second kappa shape index (κ2) is 7.28. The van der Waals surface area contributed by atoms with Gasteiger partial charge in [-0.25, -0.2) is 0 Å². The Balaban J connectivity index is 1.64. The summed E-state index contributed by atoms with van der Waals surface area (Å²) in [6.45, 7) is 1.08. The van der Waals surface area contributed by atoms with Crippen molar-refractivity contribution in [3.8, 4) is 0 Å². The first kappa shape index (κ1) is 14.1. The molecule has 0 aliphatic rings. The molecular weight excluding hydrogens is 280 g/mol. The third-order valence-electron chi connectivity index (χ3n) is 2.52. The van der Waals surface area contributed by atoms with E-state index in [0.717, 1.165) is 23.0 Å². The third-order valence-corrected chi connectivity index (χ3v) is 3.81. The van der Waals surface area contributed by atoms with Crippen LogP contribution in [0.4, 0.5) is 5.69 Å². The number of rotatable bonds is 6. The van der Waals surface area contributed by atoms with E-state index in [1.54, 1.807) is 11.3 Å². The lowest BCUT2D eigenvalue weighted by Gasteiger charge is -2.06. The van der Waals surface area contributed by atoms with Crippen LogP contribution in [0.15, 0.2) is 42.5 Å². The summed E-state index contributed by atoms with van der Waals surface area (Å²) in [7, 11) is 0. The molecule has 1 aromatic carbocycles. The Kier molecular flexibility index (Phi) is 5.39. The minimum absolute atomic E-state index is 0.0320. The maximum absolute atomic E-state index is 11.6. The van der Waals surface area contributed by atoms with Gasteiger partial charge in [-0.2, -0.15) is 0 Å². The zero-order chi connectivity index (χ0) is 13.5. The summed E-state index contributed by atoms with van der Waals surface area (Å²) < 4.78 is 0.803. The van der Waals surface area contributed by atoms with Crippen molar-refractivity contribution < 1.29 is 4.79 Å². The van der Waals surface area contributed by atoms with Crippen molar-refractivity contribution in [1.82, 2.24) is 5.32 Å². The number of benzene rings is 1. The zero-order valence-corrected chi connectivity index (χ0v) is 11.9. The Labute approximate surface area is 121 Å². The van der Waals surface area contributed by atoms with Crippen LogP contribution in [0.5, 0.6) is 0 Å². The summed E-state index contributed by atoms with van der Waals surface area (Å²) in [6, 6.07) is 13.3. The summed E-state index contributed by atoms with van der Waals surface area (Å²) in [5.41, 5.74) is 0.819. The van der Waals surface area contributed by atoms with Gasteiger partial charge in [-0.1, -0.05) is 29.8 Å². The van der Waals surface area contributed by atoms with Crippen molar-refractivity contribution >= 4 is 34.5 Å². The Morgan fingerprint density at radius 1 is 1.16 bits per heavy atom. The van der Waals surface area contributed by atoms with Crippen LogP contribution in [0.2, 0.25) is 4.34 Å². The van der Waals surface area contributed by atoms with Crippen LogP contribution in [-0.4, -0.2) is 19.0 Å². The molecule has 2 rings (SSSR count). The summed E-state index contributed by atoms with van der Waals surface area (Å²) in [6.07, 6.45) is 0.885. The molecule has 0 bridgehead atoms. The van der Waals surface area contributed by atoms with Gasteiger partial charge in [0.05, 0.1) is 10.9 Å². The number of amides is 1. The molecule has 0 radical (unpaired) electrons. The number of halogens is 1. The molecule has 1 heterocycles. The van der Waals surface area contributed by atoms with Crippen molar-refractivity contribution in [3.05, 3.63) is 51.7 Å². The number of nitrogens with one attached hydrogen (secondary N) is 2. The van der Waals surface area contributed by atoms with Crippen LogP contribution in [0.25, 0.3) is 0 Å². The van der Waals surface area contributed by atoms with Crippen molar-refractivity contribution in [2.75, 3.05) is 18.4 Å². The van der Waals surface area contributed by atoms with Crippen LogP contribution in [-0.2, 0) is 11.2 Å². The van der Waals surface area contributed by atoms with E-state index in [0.29, 0.717) is 6.54 Å². The van der Waals surface area contributed by atoms with Gasteiger partial charge in [0.1, 0.15) is 0 Å². The highest BCUT2D eigenvalue weighted by atomic mass is 35.5. The molecule has 100 valence electrons. The predicted octanol–water partition coefficient (Wildman–Crippen LogP) is 3.17. The first-order valence-corrected chi connectivity index (χ1v) is 7.23.